The van der Waals surface area contributed by atoms with Crippen molar-refractivity contribution in [3.8, 4) is 23.5 Å². The number of carbonyl (C=O) groups is 2. The maximum atomic E-state index is 13.0. The average molecular weight is 498 g/mol. The Morgan fingerprint density at radius 1 is 1.34 bits per heavy atom. The summed E-state index contributed by atoms with van der Waals surface area (Å²) in [6, 6.07) is 10.4. The van der Waals surface area contributed by atoms with Gasteiger partial charge in [-0.2, -0.15) is 10.2 Å². The summed E-state index contributed by atoms with van der Waals surface area (Å²) < 4.78 is 16.3. The molecule has 3 aromatic rings. The van der Waals surface area contributed by atoms with Crippen molar-refractivity contribution in [3.63, 3.8) is 0 Å². The number of carbonyl (C=O) groups excluding carboxylic acids is 2. The quantitative estimate of drug-likeness (QED) is 0.522. The van der Waals surface area contributed by atoms with Crippen molar-refractivity contribution >= 4 is 35.0 Å². The molecule has 10 nitrogen and oxygen atoms in total. The Hall–Kier alpha value is -3.97. The molecule has 0 atom stereocenters. The van der Waals surface area contributed by atoms with Crippen LogP contribution in [0.2, 0.25) is 5.02 Å². The normalized spacial score (nSPS) is 13.8. The first-order valence-electron chi connectivity index (χ1n) is 11.0. The summed E-state index contributed by atoms with van der Waals surface area (Å²) in [4.78, 5) is 33.0. The summed E-state index contributed by atoms with van der Waals surface area (Å²) in [5.74, 6) is 0.797. The number of methoxy groups -OCH3 is 1. The molecular formula is C24H24ClN5O5. The number of hydrogen-bond donors (Lipinski definition) is 1. The van der Waals surface area contributed by atoms with E-state index in [0.29, 0.717) is 54.0 Å². The Balaban J connectivity index is 1.33. The molecule has 4 rings (SSSR count). The smallest absolute Gasteiger partial charge is 0.266 e. The maximum absolute atomic E-state index is 13.0. The second kappa shape index (κ2) is 10.5. The molecule has 0 saturated carbocycles. The fraction of sp³-hybridized carbons (Fsp3) is 0.333. The highest BCUT2D eigenvalue weighted by Crippen LogP contribution is 2.32. The molecular weight excluding hydrogens is 474 g/mol. The summed E-state index contributed by atoms with van der Waals surface area (Å²) >= 11 is 6.01. The number of likely N-dealkylation sites (N-methyl/N-ethyl adjacent to an activating group) is 1. The third-order valence-electron chi connectivity index (χ3n) is 5.77. The fourth-order valence-electron chi connectivity index (χ4n) is 4.01. The van der Waals surface area contributed by atoms with Gasteiger partial charge in [0.2, 0.25) is 23.4 Å². The zero-order valence-corrected chi connectivity index (χ0v) is 20.0. The van der Waals surface area contributed by atoms with Crippen LogP contribution in [0.4, 0.5) is 11.6 Å². The number of furan rings is 1. The standard InChI is InChI=1S/C24H24ClN5O5/c1-29(14-21(31)27-17-12-16(25)5-6-19(17)33-2)23(32)15-7-9-30(10-8-15)24-18(13-26)28-22(35-24)20-4-3-11-34-20/h3-6,11-12,15H,7-10,14H2,1-2H3,(H,27,31). The first kappa shape index (κ1) is 24.2. The Morgan fingerprint density at radius 2 is 2.11 bits per heavy atom. The van der Waals surface area contributed by atoms with Gasteiger partial charge in [0.05, 0.1) is 25.6 Å². The molecule has 3 heterocycles. The number of nitrogens with zero attached hydrogens (tertiary/aromatic N) is 4. The lowest BCUT2D eigenvalue weighted by Gasteiger charge is -2.32. The molecule has 1 fully saturated rings. The lowest BCUT2D eigenvalue weighted by molar-refractivity contribution is -0.137. The van der Waals surface area contributed by atoms with Gasteiger partial charge in [-0.05, 0) is 43.2 Å². The third kappa shape index (κ3) is 5.41. The highest BCUT2D eigenvalue weighted by molar-refractivity contribution is 6.31. The van der Waals surface area contributed by atoms with Gasteiger partial charge in [0.25, 0.3) is 5.89 Å². The van der Waals surface area contributed by atoms with E-state index < -0.39 is 0 Å². The van der Waals surface area contributed by atoms with Crippen LogP contribution in [-0.2, 0) is 9.59 Å². The molecule has 35 heavy (non-hydrogen) atoms. The lowest BCUT2D eigenvalue weighted by atomic mass is 9.95. The van der Waals surface area contributed by atoms with E-state index >= 15 is 0 Å². The van der Waals surface area contributed by atoms with Crippen molar-refractivity contribution in [1.82, 2.24) is 9.88 Å². The molecule has 1 saturated heterocycles. The van der Waals surface area contributed by atoms with Gasteiger partial charge in [-0.25, -0.2) is 0 Å². The van der Waals surface area contributed by atoms with Crippen molar-refractivity contribution in [2.45, 2.75) is 12.8 Å². The van der Waals surface area contributed by atoms with E-state index in [4.69, 9.17) is 25.2 Å². The van der Waals surface area contributed by atoms with E-state index in [9.17, 15) is 14.9 Å². The van der Waals surface area contributed by atoms with Crippen LogP contribution in [0.5, 0.6) is 5.75 Å². The van der Waals surface area contributed by atoms with Crippen LogP contribution in [0.15, 0.2) is 45.4 Å². The molecule has 182 valence electrons. The number of nitrogens with one attached hydrogen (secondary N) is 1. The molecule has 1 aliphatic rings. The maximum Gasteiger partial charge on any atom is 0.266 e. The number of ether oxygens (including phenoxy) is 1. The molecule has 11 heteroatoms. The highest BCUT2D eigenvalue weighted by atomic mass is 35.5. The summed E-state index contributed by atoms with van der Waals surface area (Å²) in [6.45, 7) is 0.914. The zero-order valence-electron chi connectivity index (χ0n) is 19.3. The molecule has 1 aromatic carbocycles. The van der Waals surface area contributed by atoms with Crippen LogP contribution in [0.3, 0.4) is 0 Å². The van der Waals surface area contributed by atoms with Crippen molar-refractivity contribution in [3.05, 3.63) is 47.3 Å². The Labute approximate surface area is 207 Å². The summed E-state index contributed by atoms with van der Waals surface area (Å²) in [6.07, 6.45) is 2.60. The van der Waals surface area contributed by atoms with Crippen LogP contribution in [0.1, 0.15) is 18.5 Å². The molecule has 2 aromatic heterocycles. The minimum atomic E-state index is -0.357. The summed E-state index contributed by atoms with van der Waals surface area (Å²) in [5, 5.41) is 12.7. The number of halogens is 1. The van der Waals surface area contributed by atoms with Crippen LogP contribution < -0.4 is 15.0 Å². The predicted octanol–water partition coefficient (Wildman–Crippen LogP) is 3.78. The van der Waals surface area contributed by atoms with Gasteiger partial charge < -0.3 is 28.7 Å². The minimum absolute atomic E-state index is 0.109. The van der Waals surface area contributed by atoms with Crippen LogP contribution in [0, 0.1) is 17.2 Å². The molecule has 2 amide bonds. The van der Waals surface area contributed by atoms with Gasteiger partial charge >= 0.3 is 0 Å². The molecule has 0 aliphatic carbocycles. The van der Waals surface area contributed by atoms with Crippen molar-refractivity contribution in [1.29, 1.82) is 5.26 Å². The van der Waals surface area contributed by atoms with Gasteiger partial charge in [-0.1, -0.05) is 11.6 Å². The summed E-state index contributed by atoms with van der Waals surface area (Å²) in [5.41, 5.74) is 0.611. The molecule has 0 spiro atoms. The van der Waals surface area contributed by atoms with Gasteiger partial charge in [0, 0.05) is 31.1 Å². The van der Waals surface area contributed by atoms with Gasteiger partial charge in [-0.3, -0.25) is 9.59 Å². The Kier molecular flexibility index (Phi) is 7.27. The number of rotatable bonds is 7. The van der Waals surface area contributed by atoms with Crippen LogP contribution >= 0.6 is 11.6 Å². The summed E-state index contributed by atoms with van der Waals surface area (Å²) in [7, 11) is 3.10. The second-order valence-electron chi connectivity index (χ2n) is 8.11. The highest BCUT2D eigenvalue weighted by Gasteiger charge is 2.31. The molecule has 0 radical (unpaired) electrons. The Bertz CT molecular complexity index is 1240. The Morgan fingerprint density at radius 3 is 2.77 bits per heavy atom. The number of amides is 2. The van der Waals surface area contributed by atoms with E-state index in [1.54, 1.807) is 37.4 Å². The number of aromatic nitrogens is 1. The minimum Gasteiger partial charge on any atom is -0.495 e. The molecule has 1 aliphatic heterocycles. The molecule has 0 bridgehead atoms. The van der Waals surface area contributed by atoms with E-state index in [-0.39, 0.29) is 35.9 Å². The molecule has 1 N–H and O–H groups in total. The van der Waals surface area contributed by atoms with E-state index in [1.807, 2.05) is 4.90 Å². The number of nitriles is 1. The van der Waals surface area contributed by atoms with E-state index in [2.05, 4.69) is 16.4 Å². The van der Waals surface area contributed by atoms with Crippen LogP contribution in [0.25, 0.3) is 11.7 Å². The zero-order chi connectivity index (χ0) is 24.9. The predicted molar refractivity (Wildman–Crippen MR) is 128 cm³/mol. The first-order valence-corrected chi connectivity index (χ1v) is 11.4. The second-order valence-corrected chi connectivity index (χ2v) is 8.55. The van der Waals surface area contributed by atoms with Gasteiger partial charge in [-0.15, -0.1) is 0 Å². The number of oxazole rings is 1. The third-order valence-corrected chi connectivity index (χ3v) is 6.01. The van der Waals surface area contributed by atoms with E-state index in [1.165, 1.54) is 18.3 Å². The van der Waals surface area contributed by atoms with Crippen LogP contribution in [-0.4, -0.2) is 55.5 Å². The number of benzene rings is 1. The SMILES string of the molecule is COc1ccc(Cl)cc1NC(=O)CN(C)C(=O)C1CCN(c2oc(-c3ccco3)nc2C#N)CC1. The van der Waals surface area contributed by atoms with Crippen molar-refractivity contribution < 1.29 is 23.2 Å². The molecule has 0 unspecified atom stereocenters. The number of piperidine rings is 1. The van der Waals surface area contributed by atoms with Crippen molar-refractivity contribution in [2.24, 2.45) is 5.92 Å². The van der Waals surface area contributed by atoms with E-state index in [0.717, 1.165) is 0 Å². The fourth-order valence-corrected chi connectivity index (χ4v) is 4.18. The number of anilines is 2. The lowest BCUT2D eigenvalue weighted by Crippen LogP contribution is -2.43. The van der Waals surface area contributed by atoms with Gasteiger partial charge in [0.1, 0.15) is 11.8 Å². The number of hydrogen-bond acceptors (Lipinski definition) is 8. The first-order chi connectivity index (χ1) is 16.9. The largest absolute Gasteiger partial charge is 0.495 e. The average Bonchev–Trinajstić information content (AvgIpc) is 3.54. The topological polar surface area (TPSA) is 125 Å². The van der Waals surface area contributed by atoms with Gasteiger partial charge in [0.15, 0.2) is 5.76 Å². The monoisotopic (exact) mass is 497 g/mol. The van der Waals surface area contributed by atoms with Crippen molar-refractivity contribution in [2.75, 3.05) is 44.0 Å².